The molecule has 1 aromatic heterocycles. The molecule has 21 heavy (non-hydrogen) atoms. The lowest BCUT2D eigenvalue weighted by atomic mass is 9.87. The summed E-state index contributed by atoms with van der Waals surface area (Å²) < 4.78 is 37.2. The second-order valence-corrected chi connectivity index (χ2v) is 6.77. The fourth-order valence-corrected chi connectivity index (χ4v) is 3.39. The largest absolute Gasteiger partial charge is 0.417 e. The Hall–Kier alpha value is -0.750. The van der Waals surface area contributed by atoms with Gasteiger partial charge in [0.25, 0.3) is 0 Å². The maximum absolute atomic E-state index is 12.4. The zero-order valence-electron chi connectivity index (χ0n) is 12.1. The van der Waals surface area contributed by atoms with E-state index in [9.17, 15) is 13.2 Å². The first-order valence-electron chi connectivity index (χ1n) is 7.34. The van der Waals surface area contributed by atoms with Crippen LogP contribution in [-0.2, 0) is 6.18 Å². The van der Waals surface area contributed by atoms with Crippen molar-refractivity contribution in [1.82, 2.24) is 10.3 Å². The minimum absolute atomic E-state index is 0.593. The minimum Gasteiger partial charge on any atom is -0.313 e. The molecule has 0 saturated heterocycles. The van der Waals surface area contributed by atoms with Gasteiger partial charge in [-0.25, -0.2) is 4.98 Å². The smallest absolute Gasteiger partial charge is 0.313 e. The molecule has 118 valence electrons. The molecule has 6 heteroatoms. The van der Waals surface area contributed by atoms with E-state index in [-0.39, 0.29) is 0 Å². The van der Waals surface area contributed by atoms with Crippen molar-refractivity contribution in [2.45, 2.75) is 49.9 Å². The summed E-state index contributed by atoms with van der Waals surface area (Å²) in [6.45, 7) is 3.15. The molecular weight excluding hydrogens is 297 g/mol. The van der Waals surface area contributed by atoms with Crippen LogP contribution in [0, 0.1) is 5.92 Å². The topological polar surface area (TPSA) is 24.9 Å². The molecule has 0 aliphatic heterocycles. The Morgan fingerprint density at radius 1 is 1.33 bits per heavy atom. The van der Waals surface area contributed by atoms with Gasteiger partial charge in [0.1, 0.15) is 0 Å². The summed E-state index contributed by atoms with van der Waals surface area (Å²) in [7, 11) is 0. The summed E-state index contributed by atoms with van der Waals surface area (Å²) in [6, 6.07) is 3.12. The van der Waals surface area contributed by atoms with Crippen LogP contribution in [0.1, 0.15) is 38.2 Å². The molecule has 2 unspecified atom stereocenters. The van der Waals surface area contributed by atoms with Gasteiger partial charge in [-0.05, 0) is 30.9 Å². The maximum atomic E-state index is 12.4. The molecule has 0 spiro atoms. The van der Waals surface area contributed by atoms with E-state index in [4.69, 9.17) is 0 Å². The highest BCUT2D eigenvalue weighted by molar-refractivity contribution is 7.99. The van der Waals surface area contributed by atoms with Crippen LogP contribution in [0.25, 0.3) is 0 Å². The average molecular weight is 318 g/mol. The Balaban J connectivity index is 1.69. The van der Waals surface area contributed by atoms with Gasteiger partial charge in [0, 0.05) is 24.5 Å². The van der Waals surface area contributed by atoms with E-state index in [2.05, 4.69) is 17.2 Å². The molecule has 2 rings (SSSR count). The molecule has 1 saturated carbocycles. The van der Waals surface area contributed by atoms with E-state index in [1.54, 1.807) is 0 Å². The molecule has 0 aromatic carbocycles. The Bertz CT molecular complexity index is 434. The molecule has 1 aromatic rings. The second kappa shape index (κ2) is 7.49. The highest BCUT2D eigenvalue weighted by Gasteiger charge is 2.30. The molecule has 1 fully saturated rings. The Morgan fingerprint density at radius 2 is 2.14 bits per heavy atom. The molecule has 0 radical (unpaired) electrons. The van der Waals surface area contributed by atoms with Crippen LogP contribution in [0.5, 0.6) is 0 Å². The van der Waals surface area contributed by atoms with E-state index in [1.807, 2.05) is 0 Å². The average Bonchev–Trinajstić information content (AvgIpc) is 2.43. The number of nitrogens with zero attached hydrogens (tertiary/aromatic N) is 1. The van der Waals surface area contributed by atoms with Crippen LogP contribution in [-0.4, -0.2) is 23.3 Å². The molecular formula is C15H21F3N2S. The van der Waals surface area contributed by atoms with Crippen molar-refractivity contribution in [1.29, 1.82) is 0 Å². The van der Waals surface area contributed by atoms with E-state index < -0.39 is 11.7 Å². The van der Waals surface area contributed by atoms with E-state index in [0.717, 1.165) is 30.5 Å². The standard InChI is InChI=1S/C15H21F3N2S/c1-11-3-2-4-13(9-11)19-7-8-21-14-6-5-12(10-20-14)15(16,17)18/h5-6,10-11,13,19H,2-4,7-9H2,1H3. The van der Waals surface area contributed by atoms with Crippen molar-refractivity contribution >= 4 is 11.8 Å². The van der Waals surface area contributed by atoms with Crippen LogP contribution in [0.2, 0.25) is 0 Å². The Labute approximate surface area is 127 Å². The van der Waals surface area contributed by atoms with Crippen LogP contribution >= 0.6 is 11.8 Å². The number of pyridine rings is 1. The molecule has 1 heterocycles. The molecule has 0 amide bonds. The predicted octanol–water partition coefficient (Wildman–Crippen LogP) is 4.36. The van der Waals surface area contributed by atoms with Crippen molar-refractivity contribution in [3.05, 3.63) is 23.9 Å². The summed E-state index contributed by atoms with van der Waals surface area (Å²) in [4.78, 5) is 3.86. The second-order valence-electron chi connectivity index (χ2n) is 5.65. The molecule has 1 N–H and O–H groups in total. The first-order chi connectivity index (χ1) is 9.95. The molecule has 0 bridgehead atoms. The Kier molecular flexibility index (Phi) is 5.93. The van der Waals surface area contributed by atoms with Crippen molar-refractivity contribution in [3.8, 4) is 0 Å². The third-order valence-electron chi connectivity index (χ3n) is 3.79. The number of hydrogen-bond donors (Lipinski definition) is 1. The lowest BCUT2D eigenvalue weighted by Gasteiger charge is -2.27. The van der Waals surface area contributed by atoms with Gasteiger partial charge < -0.3 is 5.32 Å². The normalized spacial score (nSPS) is 23.2. The number of thioether (sulfide) groups is 1. The predicted molar refractivity (Wildman–Crippen MR) is 79.4 cm³/mol. The Morgan fingerprint density at radius 3 is 2.76 bits per heavy atom. The highest BCUT2D eigenvalue weighted by Crippen LogP contribution is 2.29. The van der Waals surface area contributed by atoms with E-state index in [0.29, 0.717) is 11.1 Å². The fraction of sp³-hybridized carbons (Fsp3) is 0.667. The first-order valence-corrected chi connectivity index (χ1v) is 8.33. The van der Waals surface area contributed by atoms with Crippen LogP contribution < -0.4 is 5.32 Å². The third kappa shape index (κ3) is 5.51. The van der Waals surface area contributed by atoms with E-state index >= 15 is 0 Å². The number of hydrogen-bond acceptors (Lipinski definition) is 3. The fourth-order valence-electron chi connectivity index (χ4n) is 2.67. The van der Waals surface area contributed by atoms with Crippen molar-refractivity contribution < 1.29 is 13.2 Å². The van der Waals surface area contributed by atoms with Gasteiger partial charge >= 0.3 is 6.18 Å². The molecule has 1 aliphatic rings. The molecule has 1 aliphatic carbocycles. The lowest BCUT2D eigenvalue weighted by Crippen LogP contribution is -2.34. The number of aromatic nitrogens is 1. The lowest BCUT2D eigenvalue weighted by molar-refractivity contribution is -0.137. The summed E-state index contributed by atoms with van der Waals surface area (Å²) in [5.74, 6) is 1.61. The third-order valence-corrected chi connectivity index (χ3v) is 4.73. The number of nitrogens with one attached hydrogen (secondary N) is 1. The zero-order chi connectivity index (χ0) is 15.3. The van der Waals surface area contributed by atoms with Gasteiger partial charge in [0.2, 0.25) is 0 Å². The van der Waals surface area contributed by atoms with Gasteiger partial charge in [-0.3, -0.25) is 0 Å². The van der Waals surface area contributed by atoms with Crippen molar-refractivity contribution in [3.63, 3.8) is 0 Å². The number of halogens is 3. The number of rotatable bonds is 5. The van der Waals surface area contributed by atoms with Gasteiger partial charge in [0.15, 0.2) is 0 Å². The summed E-state index contributed by atoms with van der Waals surface area (Å²) in [5.41, 5.74) is -0.693. The van der Waals surface area contributed by atoms with Crippen molar-refractivity contribution in [2.24, 2.45) is 5.92 Å². The molecule has 2 atom stereocenters. The quantitative estimate of drug-likeness (QED) is 0.645. The van der Waals surface area contributed by atoms with Crippen LogP contribution in [0.3, 0.4) is 0 Å². The van der Waals surface area contributed by atoms with E-state index in [1.165, 1.54) is 43.5 Å². The van der Waals surface area contributed by atoms with Gasteiger partial charge in [-0.2, -0.15) is 13.2 Å². The van der Waals surface area contributed by atoms with Gasteiger partial charge in [-0.1, -0.05) is 19.8 Å². The first kappa shape index (κ1) is 16.6. The number of alkyl halides is 3. The maximum Gasteiger partial charge on any atom is 0.417 e. The SMILES string of the molecule is CC1CCCC(NCCSc2ccc(C(F)(F)F)cn2)C1. The van der Waals surface area contributed by atoms with Crippen LogP contribution in [0.15, 0.2) is 23.4 Å². The van der Waals surface area contributed by atoms with Crippen molar-refractivity contribution in [2.75, 3.05) is 12.3 Å². The highest BCUT2D eigenvalue weighted by atomic mass is 32.2. The summed E-state index contributed by atoms with van der Waals surface area (Å²) in [5, 5.41) is 4.17. The minimum atomic E-state index is -4.31. The molecule has 2 nitrogen and oxygen atoms in total. The van der Waals surface area contributed by atoms with Crippen LogP contribution in [0.4, 0.5) is 13.2 Å². The van der Waals surface area contributed by atoms with Gasteiger partial charge in [0.05, 0.1) is 10.6 Å². The monoisotopic (exact) mass is 318 g/mol. The van der Waals surface area contributed by atoms with Gasteiger partial charge in [-0.15, -0.1) is 11.8 Å². The summed E-state index contributed by atoms with van der Waals surface area (Å²) >= 11 is 1.49. The summed E-state index contributed by atoms with van der Waals surface area (Å²) in [6.07, 6.45) is 1.65. The zero-order valence-corrected chi connectivity index (χ0v) is 12.9.